The van der Waals surface area contributed by atoms with Crippen LogP contribution >= 0.6 is 0 Å². The summed E-state index contributed by atoms with van der Waals surface area (Å²) in [6.45, 7) is 7.15. The summed E-state index contributed by atoms with van der Waals surface area (Å²) in [5, 5.41) is 8.81. The second kappa shape index (κ2) is 7.86. The third-order valence-electron chi connectivity index (χ3n) is 2.98. The van der Waals surface area contributed by atoms with E-state index in [0.29, 0.717) is 0 Å². The molecule has 1 aromatic carbocycles. The van der Waals surface area contributed by atoms with E-state index in [9.17, 15) is 0 Å². The van der Waals surface area contributed by atoms with Crippen LogP contribution in [0.1, 0.15) is 25.8 Å². The number of aryl methyl sites for hydroxylation is 1. The molecule has 17 heavy (non-hydrogen) atoms. The van der Waals surface area contributed by atoms with Gasteiger partial charge in [-0.15, -0.1) is 0 Å². The molecule has 0 N–H and O–H groups in total. The largest absolute Gasteiger partial charge is 0.302 e. The summed E-state index contributed by atoms with van der Waals surface area (Å²) >= 11 is 0. The molecule has 0 aliphatic heterocycles. The molecule has 0 aromatic heterocycles. The molecule has 0 fully saturated rings. The highest BCUT2D eigenvalue weighted by Gasteiger charge is 2.07. The fourth-order valence-corrected chi connectivity index (χ4v) is 1.96. The lowest BCUT2D eigenvalue weighted by atomic mass is 10.1. The van der Waals surface area contributed by atoms with Gasteiger partial charge in [-0.3, -0.25) is 0 Å². The Morgan fingerprint density at radius 2 is 2.00 bits per heavy atom. The van der Waals surface area contributed by atoms with Crippen LogP contribution in [0.4, 0.5) is 0 Å². The van der Waals surface area contributed by atoms with Crippen LogP contribution in [0.5, 0.6) is 0 Å². The number of rotatable bonds is 7. The molecule has 1 atom stereocenters. The molecule has 2 nitrogen and oxygen atoms in total. The van der Waals surface area contributed by atoms with Crippen LogP contribution in [-0.4, -0.2) is 24.5 Å². The van der Waals surface area contributed by atoms with Crippen LogP contribution in [0.2, 0.25) is 0 Å². The second-order valence-corrected chi connectivity index (χ2v) is 4.51. The fraction of sp³-hybridized carbons (Fsp3) is 0.533. The minimum Gasteiger partial charge on any atom is -0.302 e. The highest BCUT2D eigenvalue weighted by Crippen LogP contribution is 2.05. The van der Waals surface area contributed by atoms with Gasteiger partial charge in [0.2, 0.25) is 0 Å². The molecule has 0 bridgehead atoms. The van der Waals surface area contributed by atoms with E-state index in [4.69, 9.17) is 5.26 Å². The van der Waals surface area contributed by atoms with E-state index in [-0.39, 0.29) is 5.92 Å². The van der Waals surface area contributed by atoms with E-state index in [0.717, 1.165) is 32.5 Å². The van der Waals surface area contributed by atoms with Crippen molar-refractivity contribution in [2.75, 3.05) is 19.6 Å². The first kappa shape index (κ1) is 13.7. The van der Waals surface area contributed by atoms with Gasteiger partial charge >= 0.3 is 0 Å². The summed E-state index contributed by atoms with van der Waals surface area (Å²) in [5.41, 5.74) is 1.40. The first-order valence-corrected chi connectivity index (χ1v) is 6.42. The van der Waals surface area contributed by atoms with Crippen molar-refractivity contribution < 1.29 is 0 Å². The maximum atomic E-state index is 8.81. The summed E-state index contributed by atoms with van der Waals surface area (Å²) in [7, 11) is 0. The van der Waals surface area contributed by atoms with Crippen LogP contribution in [0.25, 0.3) is 0 Å². The Kier molecular flexibility index (Phi) is 6.35. The minimum absolute atomic E-state index is 0.131. The van der Waals surface area contributed by atoms with Crippen molar-refractivity contribution in [3.63, 3.8) is 0 Å². The van der Waals surface area contributed by atoms with E-state index in [2.05, 4.69) is 48.2 Å². The van der Waals surface area contributed by atoms with Gasteiger partial charge in [-0.25, -0.2) is 0 Å². The van der Waals surface area contributed by atoms with E-state index in [1.54, 1.807) is 0 Å². The molecule has 0 amide bonds. The molecule has 2 heteroatoms. The fourth-order valence-electron chi connectivity index (χ4n) is 1.96. The first-order valence-electron chi connectivity index (χ1n) is 6.42. The van der Waals surface area contributed by atoms with Crippen molar-refractivity contribution in [2.45, 2.75) is 26.7 Å². The summed E-state index contributed by atoms with van der Waals surface area (Å²) in [6.07, 6.45) is 2.29. The molecule has 0 aliphatic rings. The van der Waals surface area contributed by atoms with Gasteiger partial charge in [0.25, 0.3) is 0 Å². The predicted molar refractivity (Wildman–Crippen MR) is 71.7 cm³/mol. The van der Waals surface area contributed by atoms with Crippen molar-refractivity contribution in [1.29, 1.82) is 5.26 Å². The van der Waals surface area contributed by atoms with Gasteiger partial charge in [0.15, 0.2) is 0 Å². The predicted octanol–water partition coefficient (Wildman–Crippen LogP) is 3.10. The number of nitriles is 1. The van der Waals surface area contributed by atoms with Gasteiger partial charge in [0.05, 0.1) is 12.0 Å². The topological polar surface area (TPSA) is 27.0 Å². The Morgan fingerprint density at radius 1 is 1.29 bits per heavy atom. The van der Waals surface area contributed by atoms with Gasteiger partial charge in [-0.2, -0.15) is 5.26 Å². The van der Waals surface area contributed by atoms with Crippen molar-refractivity contribution in [3.05, 3.63) is 35.9 Å². The van der Waals surface area contributed by atoms with Gasteiger partial charge in [-0.1, -0.05) is 37.3 Å². The maximum absolute atomic E-state index is 8.81. The minimum atomic E-state index is 0.131. The van der Waals surface area contributed by atoms with Crippen molar-refractivity contribution >= 4 is 0 Å². The van der Waals surface area contributed by atoms with E-state index < -0.39 is 0 Å². The number of hydrogen-bond acceptors (Lipinski definition) is 2. The third-order valence-corrected chi connectivity index (χ3v) is 2.98. The Labute approximate surface area is 105 Å². The van der Waals surface area contributed by atoms with E-state index in [1.807, 2.05) is 6.92 Å². The zero-order valence-electron chi connectivity index (χ0n) is 10.9. The van der Waals surface area contributed by atoms with Crippen molar-refractivity contribution in [2.24, 2.45) is 5.92 Å². The van der Waals surface area contributed by atoms with Crippen LogP contribution in [0.15, 0.2) is 30.3 Å². The zero-order chi connectivity index (χ0) is 12.5. The zero-order valence-corrected chi connectivity index (χ0v) is 10.9. The molecule has 92 valence electrons. The molecular formula is C15H22N2. The van der Waals surface area contributed by atoms with Gasteiger partial charge < -0.3 is 4.90 Å². The highest BCUT2D eigenvalue weighted by atomic mass is 15.1. The normalized spacial score (nSPS) is 12.4. The summed E-state index contributed by atoms with van der Waals surface area (Å²) < 4.78 is 0. The standard InChI is InChI=1S/C15H22N2/c1-3-17(13-14(2)12-16)11-7-10-15-8-5-4-6-9-15/h4-6,8-9,14H,3,7,10-11,13H2,1-2H3. The maximum Gasteiger partial charge on any atom is 0.0666 e. The molecule has 1 rings (SSSR count). The van der Waals surface area contributed by atoms with E-state index >= 15 is 0 Å². The number of benzene rings is 1. The summed E-state index contributed by atoms with van der Waals surface area (Å²) in [5.74, 6) is 0.131. The summed E-state index contributed by atoms with van der Waals surface area (Å²) in [6, 6.07) is 12.9. The number of hydrogen-bond donors (Lipinski definition) is 0. The Hall–Kier alpha value is -1.33. The molecule has 0 saturated heterocycles. The lowest BCUT2D eigenvalue weighted by Crippen LogP contribution is -2.29. The van der Waals surface area contributed by atoms with Gasteiger partial charge in [0.1, 0.15) is 0 Å². The highest BCUT2D eigenvalue weighted by molar-refractivity contribution is 5.14. The molecule has 1 aromatic rings. The lowest BCUT2D eigenvalue weighted by molar-refractivity contribution is 0.265. The quantitative estimate of drug-likeness (QED) is 0.719. The second-order valence-electron chi connectivity index (χ2n) is 4.51. The SMILES string of the molecule is CCN(CCCc1ccccc1)CC(C)C#N. The molecule has 0 spiro atoms. The van der Waals surface area contributed by atoms with Crippen molar-refractivity contribution in [3.8, 4) is 6.07 Å². The van der Waals surface area contributed by atoms with Crippen molar-refractivity contribution in [1.82, 2.24) is 4.90 Å². The first-order chi connectivity index (χ1) is 8.26. The van der Waals surface area contributed by atoms with Gasteiger partial charge in [-0.05, 0) is 38.4 Å². The molecule has 0 saturated carbocycles. The van der Waals surface area contributed by atoms with Crippen LogP contribution in [0, 0.1) is 17.2 Å². The molecule has 0 aliphatic carbocycles. The summed E-state index contributed by atoms with van der Waals surface area (Å²) in [4.78, 5) is 2.36. The molecule has 1 unspecified atom stereocenters. The average Bonchev–Trinajstić information content (AvgIpc) is 2.38. The Morgan fingerprint density at radius 3 is 2.59 bits per heavy atom. The van der Waals surface area contributed by atoms with Crippen LogP contribution in [-0.2, 0) is 6.42 Å². The van der Waals surface area contributed by atoms with E-state index in [1.165, 1.54) is 5.56 Å². The lowest BCUT2D eigenvalue weighted by Gasteiger charge is -2.21. The van der Waals surface area contributed by atoms with Crippen LogP contribution in [0.3, 0.4) is 0 Å². The molecular weight excluding hydrogens is 208 g/mol. The molecule has 0 heterocycles. The van der Waals surface area contributed by atoms with Gasteiger partial charge in [0, 0.05) is 6.54 Å². The monoisotopic (exact) mass is 230 g/mol. The third kappa shape index (κ3) is 5.51. The number of nitrogens with zero attached hydrogens (tertiary/aromatic N) is 2. The average molecular weight is 230 g/mol. The smallest absolute Gasteiger partial charge is 0.0666 e. The Bertz CT molecular complexity index is 340. The van der Waals surface area contributed by atoms with Crippen LogP contribution < -0.4 is 0 Å². The molecule has 0 radical (unpaired) electrons. The Balaban J connectivity index is 2.27.